The molecule has 0 radical (unpaired) electrons. The van der Waals surface area contributed by atoms with E-state index in [1.807, 2.05) is 24.3 Å². The van der Waals surface area contributed by atoms with Crippen LogP contribution in [0.15, 0.2) is 34.9 Å². The number of halogens is 3. The van der Waals surface area contributed by atoms with Crippen LogP contribution in [0.25, 0.3) is 0 Å². The fourth-order valence-electron chi connectivity index (χ4n) is 1.28. The standard InChI is InChI=1S/C11H7BrCl2N2/c12-8-6-15-10(16-11(8)14)5-7-3-1-2-4-9(7)13/h1-4,6H,5H2. The summed E-state index contributed by atoms with van der Waals surface area (Å²) in [4.78, 5) is 8.33. The zero-order valence-corrected chi connectivity index (χ0v) is 11.2. The molecule has 0 unspecified atom stereocenters. The molecular formula is C11H7BrCl2N2. The zero-order valence-electron chi connectivity index (χ0n) is 8.12. The van der Waals surface area contributed by atoms with Crippen molar-refractivity contribution in [2.45, 2.75) is 6.42 Å². The molecule has 0 aliphatic rings. The van der Waals surface area contributed by atoms with E-state index in [2.05, 4.69) is 25.9 Å². The summed E-state index contributed by atoms with van der Waals surface area (Å²) in [6.45, 7) is 0. The van der Waals surface area contributed by atoms with Crippen LogP contribution in [0, 0.1) is 0 Å². The van der Waals surface area contributed by atoms with Crippen LogP contribution in [0.3, 0.4) is 0 Å². The first kappa shape index (κ1) is 11.8. The molecule has 0 N–H and O–H groups in total. The normalized spacial score (nSPS) is 10.4. The third-order valence-corrected chi connectivity index (χ3v) is 3.52. The Morgan fingerprint density at radius 1 is 1.19 bits per heavy atom. The highest BCUT2D eigenvalue weighted by atomic mass is 79.9. The highest BCUT2D eigenvalue weighted by Crippen LogP contribution is 2.21. The Labute approximate surface area is 112 Å². The van der Waals surface area contributed by atoms with Crippen molar-refractivity contribution < 1.29 is 0 Å². The van der Waals surface area contributed by atoms with Gasteiger partial charge in [0.05, 0.1) is 4.47 Å². The van der Waals surface area contributed by atoms with Crippen molar-refractivity contribution in [1.82, 2.24) is 9.97 Å². The van der Waals surface area contributed by atoms with Gasteiger partial charge in [-0.2, -0.15) is 0 Å². The number of benzene rings is 1. The molecule has 0 bridgehead atoms. The summed E-state index contributed by atoms with van der Waals surface area (Å²) in [5.74, 6) is 0.654. The molecule has 0 atom stereocenters. The van der Waals surface area contributed by atoms with Gasteiger partial charge < -0.3 is 0 Å². The molecule has 2 aromatic rings. The molecule has 1 aromatic carbocycles. The van der Waals surface area contributed by atoms with E-state index < -0.39 is 0 Å². The maximum absolute atomic E-state index is 6.05. The predicted octanol–water partition coefficient (Wildman–Crippen LogP) is 4.14. The minimum atomic E-state index is 0.414. The van der Waals surface area contributed by atoms with E-state index in [1.54, 1.807) is 6.20 Å². The molecule has 0 fully saturated rings. The summed E-state index contributed by atoms with van der Waals surface area (Å²) in [5.41, 5.74) is 0.988. The Kier molecular flexibility index (Phi) is 3.79. The van der Waals surface area contributed by atoms with Crippen LogP contribution in [-0.4, -0.2) is 9.97 Å². The van der Waals surface area contributed by atoms with Gasteiger partial charge in [-0.3, -0.25) is 0 Å². The van der Waals surface area contributed by atoms with Gasteiger partial charge in [0.2, 0.25) is 0 Å². The van der Waals surface area contributed by atoms with E-state index >= 15 is 0 Å². The van der Waals surface area contributed by atoms with Crippen molar-refractivity contribution >= 4 is 39.1 Å². The molecule has 0 spiro atoms. The molecule has 2 nitrogen and oxygen atoms in total. The van der Waals surface area contributed by atoms with Crippen LogP contribution in [0.5, 0.6) is 0 Å². The number of nitrogens with zero attached hydrogens (tertiary/aromatic N) is 2. The second-order valence-electron chi connectivity index (χ2n) is 3.19. The van der Waals surface area contributed by atoms with Crippen molar-refractivity contribution in [1.29, 1.82) is 0 Å². The number of hydrogen-bond acceptors (Lipinski definition) is 2. The summed E-state index contributed by atoms with van der Waals surface area (Å²) in [5, 5.41) is 1.13. The van der Waals surface area contributed by atoms with Crippen LogP contribution in [0.2, 0.25) is 10.2 Å². The Balaban J connectivity index is 2.28. The monoisotopic (exact) mass is 316 g/mol. The fraction of sp³-hybridized carbons (Fsp3) is 0.0909. The fourth-order valence-corrected chi connectivity index (χ4v) is 1.82. The summed E-state index contributed by atoms with van der Waals surface area (Å²) >= 11 is 15.2. The second kappa shape index (κ2) is 5.13. The minimum Gasteiger partial charge on any atom is -0.240 e. The molecule has 1 heterocycles. The van der Waals surface area contributed by atoms with Gasteiger partial charge in [-0.15, -0.1) is 0 Å². The summed E-state index contributed by atoms with van der Waals surface area (Å²) in [6.07, 6.45) is 2.22. The maximum Gasteiger partial charge on any atom is 0.146 e. The molecule has 0 amide bonds. The molecule has 5 heteroatoms. The molecule has 82 valence electrons. The summed E-state index contributed by atoms with van der Waals surface area (Å²) < 4.78 is 0.692. The lowest BCUT2D eigenvalue weighted by atomic mass is 10.1. The van der Waals surface area contributed by atoms with Crippen LogP contribution in [-0.2, 0) is 6.42 Å². The Morgan fingerprint density at radius 3 is 2.62 bits per heavy atom. The smallest absolute Gasteiger partial charge is 0.146 e. The molecule has 16 heavy (non-hydrogen) atoms. The Bertz CT molecular complexity index is 517. The molecule has 0 aliphatic heterocycles. The highest BCUT2D eigenvalue weighted by Gasteiger charge is 2.05. The zero-order chi connectivity index (χ0) is 11.5. The van der Waals surface area contributed by atoms with Crippen molar-refractivity contribution in [3.63, 3.8) is 0 Å². The molecule has 0 saturated carbocycles. The molecule has 1 aromatic heterocycles. The second-order valence-corrected chi connectivity index (χ2v) is 4.81. The Morgan fingerprint density at radius 2 is 1.94 bits per heavy atom. The first-order valence-electron chi connectivity index (χ1n) is 4.57. The quantitative estimate of drug-likeness (QED) is 0.778. The van der Waals surface area contributed by atoms with Crippen LogP contribution in [0.4, 0.5) is 0 Å². The largest absolute Gasteiger partial charge is 0.240 e. The lowest BCUT2D eigenvalue weighted by Crippen LogP contribution is -1.97. The predicted molar refractivity (Wildman–Crippen MR) is 69.0 cm³/mol. The van der Waals surface area contributed by atoms with Crippen LogP contribution < -0.4 is 0 Å². The van der Waals surface area contributed by atoms with E-state index in [1.165, 1.54) is 0 Å². The van der Waals surface area contributed by atoms with Crippen molar-refractivity contribution in [3.05, 3.63) is 56.5 Å². The average molecular weight is 318 g/mol. The Hall–Kier alpha value is -0.640. The molecule has 2 rings (SSSR count). The topological polar surface area (TPSA) is 25.8 Å². The van der Waals surface area contributed by atoms with E-state index in [0.717, 1.165) is 5.56 Å². The number of rotatable bonds is 2. The van der Waals surface area contributed by atoms with Crippen LogP contribution >= 0.6 is 39.1 Å². The third-order valence-electron chi connectivity index (χ3n) is 2.06. The maximum atomic E-state index is 6.05. The molecular weight excluding hydrogens is 311 g/mol. The molecule has 0 saturated heterocycles. The van der Waals surface area contributed by atoms with E-state index in [4.69, 9.17) is 23.2 Å². The first-order valence-corrected chi connectivity index (χ1v) is 6.12. The van der Waals surface area contributed by atoms with Gasteiger partial charge in [-0.05, 0) is 27.6 Å². The van der Waals surface area contributed by atoms with Gasteiger partial charge in [-0.25, -0.2) is 9.97 Å². The van der Waals surface area contributed by atoms with Gasteiger partial charge in [0.1, 0.15) is 11.0 Å². The highest BCUT2D eigenvalue weighted by molar-refractivity contribution is 9.10. The summed E-state index contributed by atoms with van der Waals surface area (Å²) in [7, 11) is 0. The minimum absolute atomic E-state index is 0.414. The van der Waals surface area contributed by atoms with Gasteiger partial charge in [0.25, 0.3) is 0 Å². The SMILES string of the molecule is Clc1ccccc1Cc1ncc(Br)c(Cl)n1. The van der Waals surface area contributed by atoms with Crippen molar-refractivity contribution in [3.8, 4) is 0 Å². The van der Waals surface area contributed by atoms with Gasteiger partial charge in [-0.1, -0.05) is 41.4 Å². The van der Waals surface area contributed by atoms with E-state index in [0.29, 0.717) is 26.9 Å². The molecule has 0 aliphatic carbocycles. The van der Waals surface area contributed by atoms with Crippen molar-refractivity contribution in [2.24, 2.45) is 0 Å². The van der Waals surface area contributed by atoms with Gasteiger partial charge in [0.15, 0.2) is 0 Å². The van der Waals surface area contributed by atoms with Gasteiger partial charge >= 0.3 is 0 Å². The number of hydrogen-bond donors (Lipinski definition) is 0. The average Bonchev–Trinajstić information content (AvgIpc) is 2.27. The van der Waals surface area contributed by atoms with E-state index in [9.17, 15) is 0 Å². The number of aromatic nitrogens is 2. The first-order chi connectivity index (χ1) is 7.66. The third kappa shape index (κ3) is 2.73. The van der Waals surface area contributed by atoms with Gasteiger partial charge in [0, 0.05) is 17.6 Å². The summed E-state index contributed by atoms with van der Waals surface area (Å²) in [6, 6.07) is 7.61. The van der Waals surface area contributed by atoms with Crippen molar-refractivity contribution in [2.75, 3.05) is 0 Å². The van der Waals surface area contributed by atoms with E-state index in [-0.39, 0.29) is 0 Å². The lowest BCUT2D eigenvalue weighted by Gasteiger charge is -2.03. The lowest BCUT2D eigenvalue weighted by molar-refractivity contribution is 0.962. The van der Waals surface area contributed by atoms with Crippen LogP contribution in [0.1, 0.15) is 11.4 Å².